The molecule has 0 unspecified atom stereocenters. The maximum absolute atomic E-state index is 13.4. The van der Waals surface area contributed by atoms with Crippen LogP contribution in [0.2, 0.25) is 0 Å². The molecule has 0 N–H and O–H groups in total. The molecular formula is C102H103FN28O5. The van der Waals surface area contributed by atoms with Crippen molar-refractivity contribution in [1.82, 2.24) is 119 Å². The number of carbonyl (C=O) groups is 4. The minimum absolute atomic E-state index is 0.0122. The van der Waals surface area contributed by atoms with Crippen LogP contribution >= 0.6 is 0 Å². The Balaban J connectivity index is 0.000000126. The summed E-state index contributed by atoms with van der Waals surface area (Å²) < 4.78 is 25.5. The lowest BCUT2D eigenvalue weighted by Crippen LogP contribution is -2.50. The molecule has 0 radical (unpaired) electrons. The summed E-state index contributed by atoms with van der Waals surface area (Å²) in [6, 6.07) is 70.8. The van der Waals surface area contributed by atoms with Crippen molar-refractivity contribution in [1.29, 1.82) is 0 Å². The molecule has 0 bridgehead atoms. The largest absolute Gasteiger partial charge is 0.496 e. The number of anilines is 4. The summed E-state index contributed by atoms with van der Waals surface area (Å²) >= 11 is 0. The summed E-state index contributed by atoms with van der Waals surface area (Å²) in [6.07, 6.45) is 13.9. The number of aromatic nitrogens is 20. The lowest BCUT2D eigenvalue weighted by molar-refractivity contribution is -0.133. The quantitative estimate of drug-likeness (QED) is 0.0645. The zero-order valence-corrected chi connectivity index (χ0v) is 76.6. The molecule has 8 aromatic heterocycles. The Bertz CT molecular complexity index is 6680. The Morgan fingerprint density at radius 2 is 0.537 bits per heavy atom. The number of methoxy groups -OCH3 is 1. The van der Waals surface area contributed by atoms with Crippen molar-refractivity contribution >= 4 is 47.4 Å². The Kier molecular flexibility index (Phi) is 29.0. The lowest BCUT2D eigenvalue weighted by Gasteiger charge is -2.34. The number of aryl methyl sites for hydroxylation is 5. The molecule has 4 amide bonds. The molecule has 0 atom stereocenters. The van der Waals surface area contributed by atoms with E-state index in [1.165, 1.54) is 23.3 Å². The third-order valence-corrected chi connectivity index (χ3v) is 23.8. The first-order valence-corrected chi connectivity index (χ1v) is 45.2. The van der Waals surface area contributed by atoms with E-state index in [9.17, 15) is 23.6 Å². The number of amides is 4. The summed E-state index contributed by atoms with van der Waals surface area (Å²) in [4.78, 5) is 122. The number of ether oxygens (including phenoxy) is 1. The summed E-state index contributed by atoms with van der Waals surface area (Å²) in [7, 11) is 1.65. The Hall–Kier alpha value is -16.6. The van der Waals surface area contributed by atoms with Crippen LogP contribution in [0.1, 0.15) is 27.8 Å². The number of halogens is 1. The van der Waals surface area contributed by atoms with E-state index in [-0.39, 0.29) is 55.6 Å². The Morgan fingerprint density at radius 1 is 0.272 bits per heavy atom. The van der Waals surface area contributed by atoms with E-state index in [0.29, 0.717) is 181 Å². The first-order chi connectivity index (χ1) is 66.4. The number of benzene rings is 8. The molecule has 0 spiro atoms. The van der Waals surface area contributed by atoms with Crippen molar-refractivity contribution in [2.45, 2.75) is 60.8 Å². The second-order valence-corrected chi connectivity index (χ2v) is 33.2. The molecule has 34 heteroatoms. The van der Waals surface area contributed by atoms with Crippen LogP contribution in [0, 0.1) is 40.4 Å². The van der Waals surface area contributed by atoms with Crippen molar-refractivity contribution in [3.63, 3.8) is 0 Å². The number of nitrogens with zero attached hydrogens (tertiary/aromatic N) is 28. The number of carbonyl (C=O) groups excluding carboxylic acids is 4. The normalized spacial score (nSPS) is 13.8. The van der Waals surface area contributed by atoms with Gasteiger partial charge in [0.25, 0.3) is 0 Å². The highest BCUT2D eigenvalue weighted by Gasteiger charge is 2.31. The van der Waals surface area contributed by atoms with Crippen LogP contribution in [0.5, 0.6) is 5.75 Å². The van der Waals surface area contributed by atoms with Crippen molar-refractivity contribution in [2.24, 2.45) is 0 Å². The van der Waals surface area contributed by atoms with Crippen LogP contribution < -0.4 is 24.3 Å². The first-order valence-electron chi connectivity index (χ1n) is 45.2. The fraction of sp³-hybridized carbons (Fsp3) is 0.255. The molecule has 8 aromatic carbocycles. The molecule has 4 aliphatic heterocycles. The highest BCUT2D eigenvalue weighted by atomic mass is 19.1. The maximum Gasteiger partial charge on any atom is 0.244 e. The van der Waals surface area contributed by atoms with E-state index in [1.54, 1.807) is 112 Å². The highest BCUT2D eigenvalue weighted by Crippen LogP contribution is 2.32. The van der Waals surface area contributed by atoms with Crippen LogP contribution in [0.4, 0.5) is 28.2 Å². The summed E-state index contributed by atoms with van der Waals surface area (Å²) in [5.74, 6) is 8.24. The molecule has 4 saturated heterocycles. The van der Waals surface area contributed by atoms with Gasteiger partial charge in [0.15, 0.2) is 46.6 Å². The van der Waals surface area contributed by atoms with E-state index in [0.717, 1.165) is 61.4 Å². The molecule has 16 aromatic rings. The van der Waals surface area contributed by atoms with Gasteiger partial charge in [-0.25, -0.2) is 82.9 Å². The fourth-order valence-corrected chi connectivity index (χ4v) is 16.5. The van der Waals surface area contributed by atoms with Gasteiger partial charge in [0.05, 0.1) is 7.11 Å². The Morgan fingerprint density at radius 3 is 0.816 bits per heavy atom. The number of piperazine rings is 4. The summed E-state index contributed by atoms with van der Waals surface area (Å²) in [6.45, 7) is 21.1. The smallest absolute Gasteiger partial charge is 0.244 e. The molecule has 0 saturated carbocycles. The maximum atomic E-state index is 13.4. The summed E-state index contributed by atoms with van der Waals surface area (Å²) in [5.41, 5.74) is 12.8. The molecule has 12 heterocycles. The molecule has 136 heavy (non-hydrogen) atoms. The van der Waals surface area contributed by atoms with E-state index in [1.807, 2.05) is 172 Å². The van der Waals surface area contributed by atoms with Crippen molar-refractivity contribution in [2.75, 3.05) is 131 Å². The second kappa shape index (κ2) is 43.2. The zero-order valence-electron chi connectivity index (χ0n) is 76.6. The standard InChI is InChI=1S/C26H27N7O2.2C26H27N7O.C24H22FN7O/c1-19-17-21(9-10-22(19)35-2)24-29-25(20-7-4-3-5-8-20)33(30-24)18-23(34)31-13-15-32(16-14-31)26-27-11-6-12-28-26;1-19-9-10-22(17-20(19)2)24-29-25(21-7-4-3-5-8-21)33(30-24)18-23(34)31-13-15-32(16-14-31)26-27-11-6-12-28-26;1-19-15-20(2)17-22(16-19)24-29-25(21-7-4-3-5-8-21)33(30-24)18-23(34)31-11-13-32(14-12-31)26-27-9-6-10-28-26;25-20-9-7-18(8-10-20)22-28-23(19-5-2-1-3-6-19)32(29-22)17-21(33)30-13-15-31(16-14-30)24-26-11-4-12-27-24/h3-12,17H,13-16,18H2,1-2H3;3-12,17H,13-16,18H2,1-2H3;3-10,15-17H,11-14,18H2,1-2H3;1-12H,13-17H2. The number of rotatable bonds is 21. The third kappa shape index (κ3) is 22.6. The van der Waals surface area contributed by atoms with E-state index in [4.69, 9.17) is 35.0 Å². The van der Waals surface area contributed by atoms with Crippen molar-refractivity contribution in [3.05, 3.63) is 308 Å². The molecule has 20 rings (SSSR count). The molecule has 4 aliphatic rings. The average molecular weight is 1820 g/mol. The monoisotopic (exact) mass is 1820 g/mol. The molecule has 33 nitrogen and oxygen atoms in total. The van der Waals surface area contributed by atoms with Gasteiger partial charge in [-0.3, -0.25) is 19.2 Å². The highest BCUT2D eigenvalue weighted by molar-refractivity contribution is 5.80. The second-order valence-electron chi connectivity index (χ2n) is 33.2. The van der Waals surface area contributed by atoms with Gasteiger partial charge in [-0.2, -0.15) is 0 Å². The van der Waals surface area contributed by atoms with Crippen LogP contribution in [0.15, 0.2) is 274 Å². The lowest BCUT2D eigenvalue weighted by atomic mass is 10.1. The van der Waals surface area contributed by atoms with E-state index < -0.39 is 0 Å². The van der Waals surface area contributed by atoms with E-state index >= 15 is 0 Å². The molecule has 0 aliphatic carbocycles. The molecule has 4 fully saturated rings. The minimum Gasteiger partial charge on any atom is -0.496 e. The zero-order chi connectivity index (χ0) is 93.8. The Labute approximate surface area is 786 Å². The van der Waals surface area contributed by atoms with Crippen LogP contribution in [0.25, 0.3) is 91.1 Å². The van der Waals surface area contributed by atoms with Crippen LogP contribution in [0.3, 0.4) is 0 Å². The van der Waals surface area contributed by atoms with Gasteiger partial charge in [0.2, 0.25) is 47.4 Å². The first kappa shape index (κ1) is 91.3. The van der Waals surface area contributed by atoms with Gasteiger partial charge in [-0.15, -0.1) is 20.4 Å². The van der Waals surface area contributed by atoms with Gasteiger partial charge in [-0.05, 0) is 136 Å². The van der Waals surface area contributed by atoms with E-state index in [2.05, 4.69) is 128 Å². The molecule has 688 valence electrons. The van der Waals surface area contributed by atoms with Gasteiger partial charge in [0.1, 0.15) is 37.7 Å². The van der Waals surface area contributed by atoms with Crippen LogP contribution in [-0.4, -0.2) is 254 Å². The SMILES string of the molecule is COc1ccc(-c2nc(-c3ccccc3)n(CC(=O)N3CCN(c4ncccn4)CC3)n2)cc1C.Cc1cc(C)cc(-c2nc(-c3ccccc3)n(CC(=O)N3CCN(c4ncccn4)CC3)n2)c1.Cc1ccc(-c2nc(-c3ccccc3)n(CC(=O)N3CCN(c4ncccn4)CC3)n2)cc1C.O=C(Cn1nc(-c2ccc(F)cc2)nc1-c1ccccc1)N1CCN(c2ncccn2)CC1. The van der Waals surface area contributed by atoms with Crippen LogP contribution in [-0.2, 0) is 45.4 Å². The predicted molar refractivity (Wildman–Crippen MR) is 517 cm³/mol. The van der Waals surface area contributed by atoms with Crippen molar-refractivity contribution < 1.29 is 28.3 Å². The van der Waals surface area contributed by atoms with Gasteiger partial charge in [-0.1, -0.05) is 151 Å². The van der Waals surface area contributed by atoms with Crippen molar-refractivity contribution in [3.8, 4) is 96.9 Å². The topological polar surface area (TPSA) is 329 Å². The van der Waals surface area contributed by atoms with Gasteiger partial charge < -0.3 is 43.9 Å². The van der Waals surface area contributed by atoms with Gasteiger partial charge in [0, 0.05) is 199 Å². The predicted octanol–water partition coefficient (Wildman–Crippen LogP) is 12.7. The number of hydrogen-bond acceptors (Lipinski definition) is 25. The van der Waals surface area contributed by atoms with Gasteiger partial charge >= 0.3 is 0 Å². The third-order valence-electron chi connectivity index (χ3n) is 23.8. The number of hydrogen-bond donors (Lipinski definition) is 0. The fourth-order valence-electron chi connectivity index (χ4n) is 16.5. The minimum atomic E-state index is -0.323. The average Bonchev–Trinajstić information content (AvgIpc) is 1.66. The summed E-state index contributed by atoms with van der Waals surface area (Å²) in [5, 5.41) is 18.8. The molecular weight excluding hydrogens is 1720 g/mol.